The average molecular weight is 322 g/mol. The Morgan fingerprint density at radius 2 is 2.29 bits per heavy atom. The number of hydrogen-bond acceptors (Lipinski definition) is 4. The number of aromatic nitrogens is 1. The molecule has 1 fully saturated rings. The third-order valence-electron chi connectivity index (χ3n) is 3.58. The molecule has 1 unspecified atom stereocenters. The summed E-state index contributed by atoms with van der Waals surface area (Å²) >= 11 is 7.58. The van der Waals surface area contributed by atoms with Crippen molar-refractivity contribution in [3.8, 4) is 10.6 Å². The average Bonchev–Trinajstić information content (AvgIpc) is 2.97. The molecule has 1 aromatic heterocycles. The molecule has 6 heteroatoms. The van der Waals surface area contributed by atoms with Crippen molar-refractivity contribution in [2.45, 2.75) is 13.0 Å². The maximum Gasteiger partial charge on any atom is 0.265 e. The molecule has 1 saturated heterocycles. The third kappa shape index (κ3) is 2.95. The summed E-state index contributed by atoms with van der Waals surface area (Å²) in [5.41, 5.74) is 0.872. The monoisotopic (exact) mass is 321 g/mol. The number of halogens is 1. The van der Waals surface area contributed by atoms with E-state index in [0.717, 1.165) is 30.2 Å². The minimum absolute atomic E-state index is 0.0554. The van der Waals surface area contributed by atoms with E-state index in [1.807, 2.05) is 29.2 Å². The second-order valence-electron chi connectivity index (χ2n) is 5.06. The Kier molecular flexibility index (Phi) is 4.24. The van der Waals surface area contributed by atoms with Crippen LogP contribution < -0.4 is 5.32 Å². The predicted molar refractivity (Wildman–Crippen MR) is 85.9 cm³/mol. The van der Waals surface area contributed by atoms with Gasteiger partial charge in [-0.2, -0.15) is 0 Å². The predicted octanol–water partition coefficient (Wildman–Crippen LogP) is 2.90. The topological polar surface area (TPSA) is 45.2 Å². The number of carbonyl (C=O) groups is 1. The lowest BCUT2D eigenvalue weighted by Crippen LogP contribution is -2.52. The third-order valence-corrected chi connectivity index (χ3v) is 4.93. The van der Waals surface area contributed by atoms with E-state index in [-0.39, 0.29) is 11.9 Å². The van der Waals surface area contributed by atoms with Crippen molar-refractivity contribution in [3.05, 3.63) is 40.4 Å². The molecule has 0 spiro atoms. The molecule has 0 saturated carbocycles. The number of nitrogens with one attached hydrogen (secondary N) is 1. The molecular weight excluding hydrogens is 306 g/mol. The molecule has 1 N–H and O–H groups in total. The van der Waals surface area contributed by atoms with E-state index in [1.54, 1.807) is 6.20 Å². The molecule has 21 heavy (non-hydrogen) atoms. The number of rotatable bonds is 2. The van der Waals surface area contributed by atoms with Crippen LogP contribution >= 0.6 is 22.9 Å². The quantitative estimate of drug-likeness (QED) is 0.925. The normalized spacial score (nSPS) is 18.8. The van der Waals surface area contributed by atoms with Crippen LogP contribution in [0.2, 0.25) is 5.02 Å². The molecular formula is C15H16ClN3OS. The van der Waals surface area contributed by atoms with Gasteiger partial charge in [-0.3, -0.25) is 4.79 Å². The van der Waals surface area contributed by atoms with Crippen LogP contribution in [0.25, 0.3) is 10.6 Å². The van der Waals surface area contributed by atoms with E-state index in [4.69, 9.17) is 11.6 Å². The summed E-state index contributed by atoms with van der Waals surface area (Å²) in [6.07, 6.45) is 1.65. The van der Waals surface area contributed by atoms with Gasteiger partial charge in [0.2, 0.25) is 0 Å². The molecule has 110 valence electrons. The van der Waals surface area contributed by atoms with Crippen LogP contribution in [0.15, 0.2) is 30.5 Å². The van der Waals surface area contributed by atoms with Crippen molar-refractivity contribution in [1.82, 2.24) is 15.2 Å². The smallest absolute Gasteiger partial charge is 0.265 e. The molecule has 3 rings (SSSR count). The molecule has 1 atom stereocenters. The fourth-order valence-corrected chi connectivity index (χ4v) is 3.61. The van der Waals surface area contributed by atoms with E-state index in [1.165, 1.54) is 11.3 Å². The molecule has 0 bridgehead atoms. The van der Waals surface area contributed by atoms with Gasteiger partial charge in [0.25, 0.3) is 5.91 Å². The highest BCUT2D eigenvalue weighted by Gasteiger charge is 2.25. The van der Waals surface area contributed by atoms with E-state index >= 15 is 0 Å². The Balaban J connectivity index is 1.85. The molecule has 1 aliphatic rings. The first-order valence-corrected chi connectivity index (χ1v) is 8.08. The molecule has 4 nitrogen and oxygen atoms in total. The van der Waals surface area contributed by atoms with Crippen molar-refractivity contribution < 1.29 is 4.79 Å². The van der Waals surface area contributed by atoms with Crippen LogP contribution in [0.3, 0.4) is 0 Å². The van der Waals surface area contributed by atoms with Gasteiger partial charge in [0.05, 0.1) is 11.2 Å². The van der Waals surface area contributed by atoms with Crippen molar-refractivity contribution in [1.29, 1.82) is 0 Å². The van der Waals surface area contributed by atoms with Crippen LogP contribution in [-0.2, 0) is 0 Å². The summed E-state index contributed by atoms with van der Waals surface area (Å²) in [6, 6.07) is 7.76. The van der Waals surface area contributed by atoms with Crippen LogP contribution in [0.1, 0.15) is 16.6 Å². The van der Waals surface area contributed by atoms with E-state index in [9.17, 15) is 4.79 Å². The summed E-state index contributed by atoms with van der Waals surface area (Å²) in [5, 5.41) is 4.72. The van der Waals surface area contributed by atoms with Gasteiger partial charge in [-0.15, -0.1) is 11.3 Å². The Bertz CT molecular complexity index is 658. The molecule has 0 radical (unpaired) electrons. The lowest BCUT2D eigenvalue weighted by Gasteiger charge is -2.33. The summed E-state index contributed by atoms with van der Waals surface area (Å²) in [5.74, 6) is 0.0554. The van der Waals surface area contributed by atoms with Gasteiger partial charge >= 0.3 is 0 Å². The number of thiazole rings is 1. The van der Waals surface area contributed by atoms with Crippen molar-refractivity contribution in [3.63, 3.8) is 0 Å². The summed E-state index contributed by atoms with van der Waals surface area (Å²) in [7, 11) is 0. The van der Waals surface area contributed by atoms with Gasteiger partial charge in [0.1, 0.15) is 9.88 Å². The van der Waals surface area contributed by atoms with Gasteiger partial charge in [-0.1, -0.05) is 29.8 Å². The van der Waals surface area contributed by atoms with E-state index in [0.29, 0.717) is 9.90 Å². The zero-order valence-electron chi connectivity index (χ0n) is 11.7. The van der Waals surface area contributed by atoms with Crippen LogP contribution in [0.5, 0.6) is 0 Å². The Hall–Kier alpha value is -1.43. The maximum absolute atomic E-state index is 12.6. The molecule has 0 aliphatic carbocycles. The number of nitrogens with zero attached hydrogens (tertiary/aromatic N) is 2. The summed E-state index contributed by atoms with van der Waals surface area (Å²) in [4.78, 5) is 19.5. The van der Waals surface area contributed by atoms with E-state index < -0.39 is 0 Å². The zero-order valence-corrected chi connectivity index (χ0v) is 13.2. The van der Waals surface area contributed by atoms with E-state index in [2.05, 4.69) is 17.2 Å². The van der Waals surface area contributed by atoms with Crippen molar-refractivity contribution in [2.75, 3.05) is 19.6 Å². The SMILES string of the molecule is CC1CNCCN1C(=O)c1cnc(-c2ccccc2Cl)s1. The Labute approximate surface area is 132 Å². The number of carbonyl (C=O) groups excluding carboxylic acids is 1. The number of piperazine rings is 1. The highest BCUT2D eigenvalue weighted by Crippen LogP contribution is 2.31. The summed E-state index contributed by atoms with van der Waals surface area (Å²) in [6.45, 7) is 4.47. The van der Waals surface area contributed by atoms with Crippen LogP contribution in [-0.4, -0.2) is 41.5 Å². The highest BCUT2D eigenvalue weighted by atomic mass is 35.5. The first-order valence-electron chi connectivity index (χ1n) is 6.89. The first kappa shape index (κ1) is 14.5. The van der Waals surface area contributed by atoms with Gasteiger partial charge in [-0.25, -0.2) is 4.98 Å². The summed E-state index contributed by atoms with van der Waals surface area (Å²) < 4.78 is 0. The Morgan fingerprint density at radius 3 is 3.05 bits per heavy atom. The fourth-order valence-electron chi connectivity index (χ4n) is 2.42. The first-order chi connectivity index (χ1) is 10.2. The largest absolute Gasteiger partial charge is 0.333 e. The lowest BCUT2D eigenvalue weighted by atomic mass is 10.2. The Morgan fingerprint density at radius 1 is 1.48 bits per heavy atom. The number of benzene rings is 1. The molecule has 1 amide bonds. The molecule has 1 aliphatic heterocycles. The minimum atomic E-state index is 0.0554. The maximum atomic E-state index is 12.6. The second kappa shape index (κ2) is 6.13. The van der Waals surface area contributed by atoms with Gasteiger partial charge in [-0.05, 0) is 13.0 Å². The van der Waals surface area contributed by atoms with Gasteiger partial charge < -0.3 is 10.2 Å². The molecule has 1 aromatic carbocycles. The van der Waals surface area contributed by atoms with Crippen molar-refractivity contribution in [2.24, 2.45) is 0 Å². The van der Waals surface area contributed by atoms with Gasteiger partial charge in [0.15, 0.2) is 0 Å². The zero-order chi connectivity index (χ0) is 14.8. The molecule has 2 heterocycles. The van der Waals surface area contributed by atoms with Gasteiger partial charge in [0, 0.05) is 31.2 Å². The standard InChI is InChI=1S/C15H16ClN3OS/c1-10-8-17-6-7-19(10)15(20)13-9-18-14(21-13)11-4-2-3-5-12(11)16/h2-5,9-10,17H,6-8H2,1H3. The minimum Gasteiger partial charge on any atom is -0.333 e. The number of hydrogen-bond donors (Lipinski definition) is 1. The van der Waals surface area contributed by atoms with Crippen molar-refractivity contribution >= 4 is 28.8 Å². The highest BCUT2D eigenvalue weighted by molar-refractivity contribution is 7.17. The fraction of sp³-hybridized carbons (Fsp3) is 0.333. The lowest BCUT2D eigenvalue weighted by molar-refractivity contribution is 0.0660. The van der Waals surface area contributed by atoms with Crippen LogP contribution in [0.4, 0.5) is 0 Å². The van der Waals surface area contributed by atoms with Crippen LogP contribution in [0, 0.1) is 0 Å². The number of amides is 1. The second-order valence-corrected chi connectivity index (χ2v) is 6.50. The molecule has 2 aromatic rings.